The molecule has 0 aliphatic heterocycles. The number of allylic oxidation sites excluding steroid dienone is 1. The molecule has 0 aliphatic rings. The molecule has 2 N–H and O–H groups in total. The third-order valence-corrected chi connectivity index (χ3v) is 2.96. The molecule has 0 spiro atoms. The largest absolute Gasteiger partial charge is 0.506 e. The lowest BCUT2D eigenvalue weighted by atomic mass is 10.1. The van der Waals surface area contributed by atoms with Crippen LogP contribution in [0.15, 0.2) is 42.5 Å². The Kier molecular flexibility index (Phi) is 4.85. The first-order chi connectivity index (χ1) is 10.9. The number of rotatable bonds is 4. The number of phenols is 1. The van der Waals surface area contributed by atoms with E-state index in [1.807, 2.05) is 0 Å². The van der Waals surface area contributed by atoms with Crippen LogP contribution >= 0.6 is 0 Å². The van der Waals surface area contributed by atoms with Gasteiger partial charge in [0.25, 0.3) is 0 Å². The van der Waals surface area contributed by atoms with Gasteiger partial charge in [0.05, 0.1) is 5.69 Å². The maximum atomic E-state index is 13.1. The van der Waals surface area contributed by atoms with E-state index in [1.54, 1.807) is 0 Å². The smallest absolute Gasteiger partial charge is 0.221 e. The van der Waals surface area contributed by atoms with Crippen LogP contribution in [-0.2, 0) is 4.79 Å². The van der Waals surface area contributed by atoms with Gasteiger partial charge in [0.1, 0.15) is 5.75 Å². The van der Waals surface area contributed by atoms with Crippen molar-refractivity contribution in [1.29, 1.82) is 0 Å². The van der Waals surface area contributed by atoms with Crippen LogP contribution in [0, 0.1) is 11.6 Å². The van der Waals surface area contributed by atoms with Crippen molar-refractivity contribution in [1.82, 2.24) is 0 Å². The van der Waals surface area contributed by atoms with Gasteiger partial charge >= 0.3 is 0 Å². The second-order valence-corrected chi connectivity index (χ2v) is 4.78. The first kappa shape index (κ1) is 16.4. The lowest BCUT2D eigenvalue weighted by Crippen LogP contribution is -2.06. The van der Waals surface area contributed by atoms with E-state index in [0.717, 1.165) is 12.1 Å². The zero-order valence-electron chi connectivity index (χ0n) is 12.1. The molecule has 2 aromatic rings. The number of aromatic hydroxyl groups is 1. The van der Waals surface area contributed by atoms with E-state index in [0.29, 0.717) is 5.56 Å². The lowest BCUT2D eigenvalue weighted by Gasteiger charge is -2.06. The van der Waals surface area contributed by atoms with Crippen molar-refractivity contribution in [3.8, 4) is 5.75 Å². The number of ketones is 1. The minimum Gasteiger partial charge on any atom is -0.506 e. The summed E-state index contributed by atoms with van der Waals surface area (Å²) in [6.07, 6.45) is 2.52. The Hall–Kier alpha value is -3.02. The Morgan fingerprint density at radius 2 is 1.83 bits per heavy atom. The minimum absolute atomic E-state index is 0.190. The third-order valence-electron chi connectivity index (χ3n) is 2.96. The molecule has 118 valence electrons. The van der Waals surface area contributed by atoms with Gasteiger partial charge in [-0.1, -0.05) is 12.1 Å². The summed E-state index contributed by atoms with van der Waals surface area (Å²) in [5, 5.41) is 12.2. The molecule has 0 aliphatic carbocycles. The van der Waals surface area contributed by atoms with Crippen LogP contribution in [0.5, 0.6) is 5.75 Å². The number of nitrogens with one attached hydrogen (secondary N) is 1. The van der Waals surface area contributed by atoms with Gasteiger partial charge in [-0.2, -0.15) is 0 Å². The van der Waals surface area contributed by atoms with E-state index in [-0.39, 0.29) is 22.9 Å². The van der Waals surface area contributed by atoms with E-state index in [9.17, 15) is 23.5 Å². The highest BCUT2D eigenvalue weighted by Crippen LogP contribution is 2.24. The first-order valence-electron chi connectivity index (χ1n) is 6.65. The molecule has 2 aromatic carbocycles. The number of hydrogen-bond acceptors (Lipinski definition) is 3. The molecule has 0 radical (unpaired) electrons. The topological polar surface area (TPSA) is 66.4 Å². The highest BCUT2D eigenvalue weighted by molar-refractivity contribution is 6.07. The fourth-order valence-corrected chi connectivity index (χ4v) is 1.86. The Balaban J connectivity index is 2.17. The summed E-state index contributed by atoms with van der Waals surface area (Å²) in [4.78, 5) is 22.9. The quantitative estimate of drug-likeness (QED) is 0.515. The van der Waals surface area contributed by atoms with Crippen LogP contribution in [0.25, 0.3) is 6.08 Å². The molecule has 6 heteroatoms. The third kappa shape index (κ3) is 4.23. The lowest BCUT2D eigenvalue weighted by molar-refractivity contribution is -0.114. The highest BCUT2D eigenvalue weighted by Gasteiger charge is 2.08. The average molecular weight is 317 g/mol. The van der Waals surface area contributed by atoms with E-state index in [1.165, 1.54) is 43.3 Å². The molecule has 23 heavy (non-hydrogen) atoms. The molecule has 2 rings (SSSR count). The summed E-state index contributed by atoms with van der Waals surface area (Å²) in [6.45, 7) is 1.29. The van der Waals surface area contributed by atoms with Crippen molar-refractivity contribution >= 4 is 23.5 Å². The van der Waals surface area contributed by atoms with Gasteiger partial charge < -0.3 is 10.4 Å². The standard InChI is InChI=1S/C17H13F2NO3/c1-10(21)20-15-6-4-12(9-17(15)23)16(22)7-3-11-2-5-13(18)14(19)8-11/h2-9,23H,1H3,(H,20,21)/b7-3+. The Labute approximate surface area is 131 Å². The number of amides is 1. The van der Waals surface area contributed by atoms with E-state index in [4.69, 9.17) is 0 Å². The van der Waals surface area contributed by atoms with Gasteiger partial charge in [0.2, 0.25) is 5.91 Å². The maximum absolute atomic E-state index is 13.1. The van der Waals surface area contributed by atoms with Gasteiger partial charge in [0, 0.05) is 12.5 Å². The molecule has 0 bridgehead atoms. The normalized spacial score (nSPS) is 10.7. The molecule has 0 heterocycles. The molecule has 0 atom stereocenters. The fourth-order valence-electron chi connectivity index (χ4n) is 1.86. The van der Waals surface area contributed by atoms with Gasteiger partial charge in [-0.05, 0) is 42.0 Å². The maximum Gasteiger partial charge on any atom is 0.221 e. The fraction of sp³-hybridized carbons (Fsp3) is 0.0588. The molecule has 0 saturated heterocycles. The molecule has 0 aromatic heterocycles. The number of anilines is 1. The van der Waals surface area contributed by atoms with Crippen LogP contribution in [0.4, 0.5) is 14.5 Å². The number of carbonyl (C=O) groups excluding carboxylic acids is 2. The summed E-state index contributed by atoms with van der Waals surface area (Å²) in [7, 11) is 0. The van der Waals surface area contributed by atoms with Gasteiger partial charge in [-0.3, -0.25) is 9.59 Å². The summed E-state index contributed by atoms with van der Waals surface area (Å²) < 4.78 is 25.9. The van der Waals surface area contributed by atoms with E-state index >= 15 is 0 Å². The molecule has 1 amide bonds. The number of halogens is 2. The number of carbonyl (C=O) groups is 2. The van der Waals surface area contributed by atoms with Crippen molar-refractivity contribution in [3.63, 3.8) is 0 Å². The summed E-state index contributed by atoms with van der Waals surface area (Å²) in [5.41, 5.74) is 0.713. The second kappa shape index (κ2) is 6.83. The summed E-state index contributed by atoms with van der Waals surface area (Å²) >= 11 is 0. The highest BCUT2D eigenvalue weighted by atomic mass is 19.2. The van der Waals surface area contributed by atoms with Crippen LogP contribution in [0.3, 0.4) is 0 Å². The minimum atomic E-state index is -1.00. The van der Waals surface area contributed by atoms with Crippen molar-refractivity contribution in [2.75, 3.05) is 5.32 Å². The van der Waals surface area contributed by atoms with Gasteiger partial charge in [-0.25, -0.2) is 8.78 Å². The number of benzene rings is 2. The van der Waals surface area contributed by atoms with E-state index in [2.05, 4.69) is 5.32 Å². The number of hydrogen-bond donors (Lipinski definition) is 2. The summed E-state index contributed by atoms with van der Waals surface area (Å²) in [6, 6.07) is 7.31. The van der Waals surface area contributed by atoms with Crippen molar-refractivity contribution in [2.45, 2.75) is 6.92 Å². The average Bonchev–Trinajstić information content (AvgIpc) is 2.49. The molecule has 0 saturated carbocycles. The Morgan fingerprint density at radius 1 is 1.09 bits per heavy atom. The SMILES string of the molecule is CC(=O)Nc1ccc(C(=O)/C=C/c2ccc(F)c(F)c2)cc1O. The molecule has 4 nitrogen and oxygen atoms in total. The van der Waals surface area contributed by atoms with Crippen LogP contribution in [0.2, 0.25) is 0 Å². The van der Waals surface area contributed by atoms with Crippen molar-refractivity contribution < 1.29 is 23.5 Å². The zero-order chi connectivity index (χ0) is 17.0. The predicted molar refractivity (Wildman–Crippen MR) is 82.1 cm³/mol. The zero-order valence-corrected chi connectivity index (χ0v) is 12.1. The monoisotopic (exact) mass is 317 g/mol. The second-order valence-electron chi connectivity index (χ2n) is 4.78. The first-order valence-corrected chi connectivity index (χ1v) is 6.65. The van der Waals surface area contributed by atoms with Gasteiger partial charge in [-0.15, -0.1) is 0 Å². The Morgan fingerprint density at radius 3 is 2.43 bits per heavy atom. The van der Waals surface area contributed by atoms with Crippen molar-refractivity contribution in [3.05, 3.63) is 65.2 Å². The van der Waals surface area contributed by atoms with E-state index < -0.39 is 17.4 Å². The molecule has 0 fully saturated rings. The molecule has 0 unspecified atom stereocenters. The van der Waals surface area contributed by atoms with Crippen molar-refractivity contribution in [2.24, 2.45) is 0 Å². The Bertz CT molecular complexity index is 800. The number of phenolic OH excluding ortho intramolecular Hbond substituents is 1. The molecular weight excluding hydrogens is 304 g/mol. The van der Waals surface area contributed by atoms with Crippen LogP contribution < -0.4 is 5.32 Å². The molecular formula is C17H13F2NO3. The summed E-state index contributed by atoms with van der Waals surface area (Å²) in [5.74, 6) is -2.99. The van der Waals surface area contributed by atoms with Crippen LogP contribution in [0.1, 0.15) is 22.8 Å². The van der Waals surface area contributed by atoms with Crippen LogP contribution in [-0.4, -0.2) is 16.8 Å². The predicted octanol–water partition coefficient (Wildman–Crippen LogP) is 3.52. The van der Waals surface area contributed by atoms with Gasteiger partial charge in [0.15, 0.2) is 17.4 Å².